The van der Waals surface area contributed by atoms with Crippen LogP contribution in [0.1, 0.15) is 144 Å². The monoisotopic (exact) mass is 767 g/mol. The lowest BCUT2D eigenvalue weighted by Gasteiger charge is -2.62. The molecule has 0 aromatic carbocycles. The minimum absolute atomic E-state index is 0.0524. The number of nitrogens with two attached hydrogens (primary N) is 1. The summed E-state index contributed by atoms with van der Waals surface area (Å²) in [5.74, 6) is 0.593. The van der Waals surface area contributed by atoms with Crippen LogP contribution >= 0.6 is 0 Å². The topological polar surface area (TPSA) is 155 Å². The first-order valence-electron chi connectivity index (χ1n) is 22.4. The van der Waals surface area contributed by atoms with Crippen LogP contribution in [0.2, 0.25) is 0 Å². The highest BCUT2D eigenvalue weighted by molar-refractivity contribution is 5.95. The van der Waals surface area contributed by atoms with E-state index in [1.807, 2.05) is 25.3 Å². The molecule has 0 spiro atoms. The largest absolute Gasteiger partial charge is 0.390 e. The van der Waals surface area contributed by atoms with Crippen LogP contribution in [-0.4, -0.2) is 80.7 Å². The highest BCUT2D eigenvalue weighted by Crippen LogP contribution is 2.70. The zero-order valence-electron chi connectivity index (χ0n) is 34.6. The van der Waals surface area contributed by atoms with Gasteiger partial charge in [0.25, 0.3) is 0 Å². The van der Waals surface area contributed by atoms with Crippen LogP contribution < -0.4 is 11.1 Å². The number of unbranched alkanes of at least 4 members (excludes halogenated alkanes) is 2. The number of ether oxygens (including phenoxy) is 2. The van der Waals surface area contributed by atoms with E-state index in [4.69, 9.17) is 15.2 Å². The lowest BCUT2D eigenvalue weighted by atomic mass is 9.44. The van der Waals surface area contributed by atoms with E-state index in [0.29, 0.717) is 51.0 Å². The summed E-state index contributed by atoms with van der Waals surface area (Å²) in [5, 5.41) is 51.7. The number of allylic oxidation sites excluding steroid dienone is 3. The van der Waals surface area contributed by atoms with Crippen molar-refractivity contribution in [1.29, 1.82) is 0 Å². The predicted octanol–water partition coefficient (Wildman–Crippen LogP) is 6.62. The van der Waals surface area contributed by atoms with E-state index in [0.717, 1.165) is 55.6 Å². The minimum atomic E-state index is -1.30. The number of aliphatic hydroxyl groups excluding tert-OH is 2. The lowest BCUT2D eigenvalue weighted by molar-refractivity contribution is -0.213. The molecule has 9 nitrogen and oxygen atoms in total. The van der Waals surface area contributed by atoms with Gasteiger partial charge in [0.15, 0.2) is 5.78 Å². The van der Waals surface area contributed by atoms with Gasteiger partial charge in [-0.3, -0.25) is 4.79 Å². The number of ketones is 1. The first-order chi connectivity index (χ1) is 26.2. The number of carbonyl (C=O) groups excluding carboxylic acids is 1. The van der Waals surface area contributed by atoms with Crippen LogP contribution in [0.25, 0.3) is 0 Å². The number of hydrogen-bond acceptors (Lipinski definition) is 9. The van der Waals surface area contributed by atoms with Crippen LogP contribution in [0.5, 0.6) is 0 Å². The third kappa shape index (κ3) is 7.26. The summed E-state index contributed by atoms with van der Waals surface area (Å²) < 4.78 is 13.9. The van der Waals surface area contributed by atoms with Crippen molar-refractivity contribution >= 4 is 5.78 Å². The summed E-state index contributed by atoms with van der Waals surface area (Å²) in [4.78, 5) is 14.3. The quantitative estimate of drug-likeness (QED) is 0.114. The maximum Gasteiger partial charge on any atom is 0.159 e. The van der Waals surface area contributed by atoms with Gasteiger partial charge in [-0.25, -0.2) is 0 Å². The number of dihydropyridines is 1. The van der Waals surface area contributed by atoms with Crippen LogP contribution in [0.3, 0.4) is 0 Å². The molecule has 0 amide bonds. The summed E-state index contributed by atoms with van der Waals surface area (Å²) in [7, 11) is 0. The molecule has 7 aliphatic rings. The molecule has 0 aromatic heterocycles. The normalized spacial score (nSPS) is 45.6. The SMILES string of the molecule is CCCCCOC(C1OC2CCC(CCC)CCC2C1C)C(C)(O)C1CCC2(O)C3=CC(=O)C4CC(O)C(O)CC4(CCC4=CNC(N)C=C4)C3CCC12C. The first-order valence-corrected chi connectivity index (χ1v) is 22.4. The van der Waals surface area contributed by atoms with Gasteiger partial charge in [-0.05, 0) is 142 Å². The van der Waals surface area contributed by atoms with Crippen molar-refractivity contribution in [3.05, 3.63) is 35.6 Å². The Morgan fingerprint density at radius 1 is 1.05 bits per heavy atom. The molecule has 0 aromatic rings. The van der Waals surface area contributed by atoms with E-state index < -0.39 is 46.3 Å². The van der Waals surface area contributed by atoms with Gasteiger partial charge in [0.05, 0.1) is 41.8 Å². The molecule has 2 aliphatic heterocycles. The fourth-order valence-corrected chi connectivity index (χ4v) is 13.7. The molecule has 16 unspecified atom stereocenters. The number of fused-ring (bicyclic) bond motifs is 6. The Balaban J connectivity index is 1.18. The molecule has 7 rings (SSSR count). The predicted molar refractivity (Wildman–Crippen MR) is 214 cm³/mol. The maximum absolute atomic E-state index is 14.3. The third-order valence-corrected chi connectivity index (χ3v) is 16.8. The second-order valence-corrected chi connectivity index (χ2v) is 19.8. The van der Waals surface area contributed by atoms with Crippen molar-refractivity contribution in [3.8, 4) is 0 Å². The summed E-state index contributed by atoms with van der Waals surface area (Å²) >= 11 is 0. The Bertz CT molecular complexity index is 1480. The molecule has 2 heterocycles. The summed E-state index contributed by atoms with van der Waals surface area (Å²) in [5.41, 5.74) is 4.00. The molecule has 9 heteroatoms. The van der Waals surface area contributed by atoms with Crippen LogP contribution in [0.4, 0.5) is 0 Å². The Morgan fingerprint density at radius 2 is 1.84 bits per heavy atom. The Hall–Kier alpha value is -1.59. The van der Waals surface area contributed by atoms with Crippen molar-refractivity contribution in [2.24, 2.45) is 52.1 Å². The average molecular weight is 767 g/mol. The number of nitrogens with one attached hydrogen (secondary N) is 1. The van der Waals surface area contributed by atoms with Gasteiger partial charge in [0.1, 0.15) is 6.10 Å². The highest BCUT2D eigenvalue weighted by atomic mass is 16.6. The van der Waals surface area contributed by atoms with Gasteiger partial charge < -0.3 is 41.0 Å². The summed E-state index contributed by atoms with van der Waals surface area (Å²) in [6.07, 6.45) is 19.6. The molecule has 0 bridgehead atoms. The van der Waals surface area contributed by atoms with Crippen LogP contribution in [-0.2, 0) is 14.3 Å². The van der Waals surface area contributed by atoms with Crippen molar-refractivity contribution in [2.75, 3.05) is 6.61 Å². The zero-order valence-corrected chi connectivity index (χ0v) is 34.6. The number of aliphatic hydroxyl groups is 4. The second-order valence-electron chi connectivity index (χ2n) is 19.8. The average Bonchev–Trinajstić information content (AvgIpc) is 3.52. The van der Waals surface area contributed by atoms with Gasteiger partial charge in [-0.2, -0.15) is 0 Å². The molecule has 4 saturated carbocycles. The Kier molecular flexibility index (Phi) is 12.3. The van der Waals surface area contributed by atoms with Gasteiger partial charge in [0, 0.05) is 24.1 Å². The smallest absolute Gasteiger partial charge is 0.159 e. The molecule has 5 fully saturated rings. The number of rotatable bonds is 13. The standard InChI is InChI=1S/C46H74N2O7/c1-6-8-9-23-54-42(41-28(3)31-14-11-29(10-7-2)12-15-38(31)55-41)44(5,52)39-19-22-46(53)33-24-35(49)34-25-36(50)37(51)26-45(34,32(33)18-20-43(39,46)4)21-17-30-13-16-40(47)48-27-30/h13,16,24,27-29,31-32,34,36-42,48,50-53H,6-12,14-15,17-23,25-26,47H2,1-5H3. The van der Waals surface area contributed by atoms with E-state index in [1.54, 1.807) is 6.08 Å². The second kappa shape index (κ2) is 16.2. The minimum Gasteiger partial charge on any atom is -0.390 e. The molecule has 55 heavy (non-hydrogen) atoms. The highest BCUT2D eigenvalue weighted by Gasteiger charge is 2.70. The maximum atomic E-state index is 14.3. The van der Waals surface area contributed by atoms with Crippen LogP contribution in [0, 0.1) is 46.3 Å². The molecular formula is C46H74N2O7. The molecule has 7 N–H and O–H groups in total. The molecule has 310 valence electrons. The Morgan fingerprint density at radius 3 is 2.56 bits per heavy atom. The fraction of sp³-hybridized carbons (Fsp3) is 0.848. The molecule has 0 radical (unpaired) electrons. The number of hydrogen-bond donors (Lipinski definition) is 6. The molecule has 16 atom stereocenters. The van der Waals surface area contributed by atoms with Crippen molar-refractivity contribution < 1.29 is 34.7 Å². The van der Waals surface area contributed by atoms with Crippen LogP contribution in [0.15, 0.2) is 35.6 Å². The van der Waals surface area contributed by atoms with Gasteiger partial charge >= 0.3 is 0 Å². The van der Waals surface area contributed by atoms with E-state index in [2.05, 4.69) is 33.0 Å². The zero-order chi connectivity index (χ0) is 39.3. The van der Waals surface area contributed by atoms with E-state index in [1.165, 1.54) is 25.7 Å². The van der Waals surface area contributed by atoms with E-state index in [9.17, 15) is 25.2 Å². The summed E-state index contributed by atoms with van der Waals surface area (Å²) in [6, 6.07) is 0. The lowest BCUT2D eigenvalue weighted by Crippen LogP contribution is -2.64. The fourth-order valence-electron chi connectivity index (χ4n) is 13.7. The summed E-state index contributed by atoms with van der Waals surface area (Å²) in [6.45, 7) is 11.5. The first kappa shape index (κ1) is 41.6. The van der Waals surface area contributed by atoms with Crippen molar-refractivity contribution in [3.63, 3.8) is 0 Å². The van der Waals surface area contributed by atoms with Gasteiger partial charge in [-0.1, -0.05) is 65.9 Å². The van der Waals surface area contributed by atoms with Gasteiger partial charge in [-0.15, -0.1) is 0 Å². The van der Waals surface area contributed by atoms with Crippen molar-refractivity contribution in [2.45, 2.75) is 192 Å². The number of carbonyl (C=O) groups is 1. The van der Waals surface area contributed by atoms with Crippen molar-refractivity contribution in [1.82, 2.24) is 5.32 Å². The molecular weight excluding hydrogens is 693 g/mol. The van der Waals surface area contributed by atoms with E-state index in [-0.39, 0.29) is 48.3 Å². The third-order valence-electron chi connectivity index (χ3n) is 16.8. The van der Waals surface area contributed by atoms with Gasteiger partial charge in [0.2, 0.25) is 0 Å². The molecule has 1 saturated heterocycles. The molecule has 5 aliphatic carbocycles. The Labute approximate surface area is 331 Å². The van der Waals surface area contributed by atoms with E-state index >= 15 is 0 Å².